The molecule has 0 spiro atoms. The number of nitrogens with zero attached hydrogens (tertiary/aromatic N) is 3. The van der Waals surface area contributed by atoms with Crippen LogP contribution in [0.25, 0.3) is 11.1 Å². The molecule has 36 heavy (non-hydrogen) atoms. The molecule has 0 saturated carbocycles. The molecule has 1 atom stereocenters. The molecule has 2 heterocycles. The second-order valence-electron chi connectivity index (χ2n) is 8.73. The summed E-state index contributed by atoms with van der Waals surface area (Å²) < 4.78 is 6.29. The van der Waals surface area contributed by atoms with E-state index in [-0.39, 0.29) is 29.5 Å². The van der Waals surface area contributed by atoms with Crippen LogP contribution in [0.1, 0.15) is 41.1 Å². The third kappa shape index (κ3) is 4.74. The van der Waals surface area contributed by atoms with Crippen LogP contribution >= 0.6 is 0 Å². The van der Waals surface area contributed by atoms with Gasteiger partial charge in [0.15, 0.2) is 5.82 Å². The molecule has 1 aliphatic heterocycles. The van der Waals surface area contributed by atoms with Crippen LogP contribution in [0, 0.1) is 11.3 Å². The summed E-state index contributed by atoms with van der Waals surface area (Å²) in [5, 5.41) is 31.0. The van der Waals surface area contributed by atoms with Crippen molar-refractivity contribution in [3.8, 4) is 22.9 Å². The molecule has 1 unspecified atom stereocenters. The van der Waals surface area contributed by atoms with E-state index >= 15 is 0 Å². The van der Waals surface area contributed by atoms with Crippen molar-refractivity contribution in [2.24, 2.45) is 5.73 Å². The number of carbonyl (C=O) groups is 2. The maximum atomic E-state index is 12.2. The number of piperidine rings is 1. The minimum Gasteiger partial charge on any atom is -0.507 e. The van der Waals surface area contributed by atoms with Gasteiger partial charge in [-0.2, -0.15) is 10.4 Å². The SMILES string of the molecule is COC(=O)Nc1nn(C2(C(CC#N)c3ccc(-c4ccccc4)c(O)c3)CCNCC2)cc1C(N)=O. The summed E-state index contributed by atoms with van der Waals surface area (Å²) in [5.74, 6) is -1.02. The molecule has 2 amide bonds. The molecule has 0 radical (unpaired) electrons. The van der Waals surface area contributed by atoms with Crippen LogP contribution < -0.4 is 16.4 Å². The number of aromatic nitrogens is 2. The average molecular weight is 489 g/mol. The Morgan fingerprint density at radius 2 is 2.00 bits per heavy atom. The van der Waals surface area contributed by atoms with Crippen molar-refractivity contribution in [1.82, 2.24) is 15.1 Å². The monoisotopic (exact) mass is 488 g/mol. The lowest BCUT2D eigenvalue weighted by Crippen LogP contribution is -2.48. The Morgan fingerprint density at radius 3 is 2.61 bits per heavy atom. The molecule has 10 heteroatoms. The van der Waals surface area contributed by atoms with E-state index in [0.29, 0.717) is 31.5 Å². The lowest BCUT2D eigenvalue weighted by atomic mass is 9.71. The van der Waals surface area contributed by atoms with Crippen LogP contribution in [0.3, 0.4) is 0 Å². The number of primary amides is 1. The van der Waals surface area contributed by atoms with E-state index in [1.165, 1.54) is 13.3 Å². The Labute approximate surface area is 208 Å². The topological polar surface area (TPSA) is 155 Å². The van der Waals surface area contributed by atoms with Gasteiger partial charge in [0, 0.05) is 24.1 Å². The Hall–Kier alpha value is -4.36. The van der Waals surface area contributed by atoms with Gasteiger partial charge in [0.05, 0.1) is 18.7 Å². The lowest BCUT2D eigenvalue weighted by molar-refractivity contribution is 0.0999. The summed E-state index contributed by atoms with van der Waals surface area (Å²) >= 11 is 0. The summed E-state index contributed by atoms with van der Waals surface area (Å²) in [4.78, 5) is 24.0. The Morgan fingerprint density at radius 1 is 1.28 bits per heavy atom. The van der Waals surface area contributed by atoms with Gasteiger partial charge in [-0.25, -0.2) is 4.79 Å². The zero-order valence-electron chi connectivity index (χ0n) is 19.9. The first-order valence-electron chi connectivity index (χ1n) is 11.6. The van der Waals surface area contributed by atoms with Gasteiger partial charge in [-0.05, 0) is 43.1 Å². The second kappa shape index (κ2) is 10.5. The van der Waals surface area contributed by atoms with Crippen LogP contribution in [0.4, 0.5) is 10.6 Å². The number of methoxy groups -OCH3 is 1. The minimum atomic E-state index is -0.780. The van der Waals surface area contributed by atoms with Gasteiger partial charge in [-0.3, -0.25) is 14.8 Å². The van der Waals surface area contributed by atoms with E-state index in [4.69, 9.17) is 5.73 Å². The number of benzene rings is 2. The number of amides is 2. The third-order valence-electron chi connectivity index (χ3n) is 6.76. The molecule has 5 N–H and O–H groups in total. The van der Waals surface area contributed by atoms with Crippen molar-refractivity contribution >= 4 is 17.8 Å². The highest BCUT2D eigenvalue weighted by molar-refractivity contribution is 6.00. The molecule has 186 valence electrons. The molecule has 1 saturated heterocycles. The van der Waals surface area contributed by atoms with Crippen molar-refractivity contribution < 1.29 is 19.4 Å². The molecule has 1 aliphatic rings. The number of hydrogen-bond acceptors (Lipinski definition) is 7. The smallest absolute Gasteiger partial charge is 0.412 e. The first-order chi connectivity index (χ1) is 17.4. The molecule has 10 nitrogen and oxygen atoms in total. The van der Waals surface area contributed by atoms with Gasteiger partial charge in [0.2, 0.25) is 0 Å². The molecule has 4 rings (SSSR count). The second-order valence-corrected chi connectivity index (χ2v) is 8.73. The fourth-order valence-corrected chi connectivity index (χ4v) is 4.96. The number of aromatic hydroxyl groups is 1. The fraction of sp³-hybridized carbons (Fsp3) is 0.308. The maximum Gasteiger partial charge on any atom is 0.412 e. The number of ether oxygens (including phenoxy) is 1. The summed E-state index contributed by atoms with van der Waals surface area (Å²) in [6.45, 7) is 1.31. The highest BCUT2D eigenvalue weighted by Crippen LogP contribution is 2.45. The first-order valence-corrected chi connectivity index (χ1v) is 11.6. The highest BCUT2D eigenvalue weighted by atomic mass is 16.5. The predicted molar refractivity (Wildman–Crippen MR) is 133 cm³/mol. The van der Waals surface area contributed by atoms with Crippen LogP contribution in [0.15, 0.2) is 54.7 Å². The quantitative estimate of drug-likeness (QED) is 0.397. The Kier molecular flexibility index (Phi) is 7.22. The highest BCUT2D eigenvalue weighted by Gasteiger charge is 2.44. The number of phenols is 1. The van der Waals surface area contributed by atoms with Crippen LogP contribution in [-0.2, 0) is 10.3 Å². The fourth-order valence-electron chi connectivity index (χ4n) is 4.96. The van der Waals surface area contributed by atoms with Gasteiger partial charge in [0.1, 0.15) is 11.3 Å². The number of rotatable bonds is 7. The summed E-state index contributed by atoms with van der Waals surface area (Å²) in [5.41, 5.74) is 7.23. The third-order valence-corrected chi connectivity index (χ3v) is 6.76. The standard InChI is InChI=1S/C26H28N6O4/c1-36-25(35)30-24-20(23(28)34)16-32(31-24)26(10-13-29-14-11-26)21(9-12-27)18-7-8-19(22(33)15-18)17-5-3-2-4-6-17/h2-8,15-16,21,29,33H,9-11,13-14H2,1H3,(H2,28,34)(H,30,31,35). The Bertz CT molecular complexity index is 1290. The van der Waals surface area contributed by atoms with Crippen molar-refractivity contribution in [3.63, 3.8) is 0 Å². The molecule has 0 bridgehead atoms. The lowest BCUT2D eigenvalue weighted by Gasteiger charge is -2.43. The molecular weight excluding hydrogens is 460 g/mol. The number of phenolic OH excluding ortho intramolecular Hbond substituents is 1. The van der Waals surface area contributed by atoms with Crippen LogP contribution in [0.5, 0.6) is 5.75 Å². The molecule has 2 aromatic carbocycles. The molecule has 1 aromatic heterocycles. The Balaban J connectivity index is 1.82. The van der Waals surface area contributed by atoms with E-state index < -0.39 is 17.5 Å². The van der Waals surface area contributed by atoms with Crippen molar-refractivity contribution in [1.29, 1.82) is 5.26 Å². The zero-order chi connectivity index (χ0) is 25.7. The van der Waals surface area contributed by atoms with Crippen LogP contribution in [-0.4, -0.2) is 47.1 Å². The van der Waals surface area contributed by atoms with Crippen molar-refractivity contribution in [3.05, 3.63) is 65.9 Å². The number of hydrogen-bond donors (Lipinski definition) is 4. The van der Waals surface area contributed by atoms with E-state index in [1.54, 1.807) is 10.7 Å². The summed E-state index contributed by atoms with van der Waals surface area (Å²) in [6, 6.07) is 17.3. The summed E-state index contributed by atoms with van der Waals surface area (Å²) in [7, 11) is 1.21. The largest absolute Gasteiger partial charge is 0.507 e. The van der Waals surface area contributed by atoms with E-state index in [1.807, 2.05) is 42.5 Å². The molecular formula is C26H28N6O4. The first kappa shape index (κ1) is 24.8. The predicted octanol–water partition coefficient (Wildman–Crippen LogP) is 3.31. The van der Waals surface area contributed by atoms with Gasteiger partial charge < -0.3 is 20.9 Å². The molecule has 1 fully saturated rings. The van der Waals surface area contributed by atoms with Gasteiger partial charge in [0.25, 0.3) is 5.91 Å². The number of carbonyl (C=O) groups excluding carboxylic acids is 2. The normalized spacial score (nSPS) is 15.4. The van der Waals surface area contributed by atoms with Crippen LogP contribution in [0.2, 0.25) is 0 Å². The minimum absolute atomic E-state index is 0.00904. The van der Waals surface area contributed by atoms with E-state index in [0.717, 1.165) is 11.1 Å². The summed E-state index contributed by atoms with van der Waals surface area (Å²) in [6.07, 6.45) is 2.07. The van der Waals surface area contributed by atoms with Crippen molar-refractivity contribution in [2.45, 2.75) is 30.7 Å². The number of nitrogens with two attached hydrogens (primary N) is 1. The number of nitrogens with one attached hydrogen (secondary N) is 2. The van der Waals surface area contributed by atoms with Gasteiger partial charge in [-0.15, -0.1) is 0 Å². The van der Waals surface area contributed by atoms with E-state index in [2.05, 4.69) is 26.5 Å². The van der Waals surface area contributed by atoms with E-state index in [9.17, 15) is 20.0 Å². The maximum absolute atomic E-state index is 12.2. The average Bonchev–Trinajstić information content (AvgIpc) is 3.32. The van der Waals surface area contributed by atoms with Gasteiger partial charge in [-0.1, -0.05) is 42.5 Å². The number of nitriles is 1. The zero-order valence-corrected chi connectivity index (χ0v) is 19.9. The molecule has 0 aliphatic carbocycles. The molecule has 3 aromatic rings. The van der Waals surface area contributed by atoms with Gasteiger partial charge >= 0.3 is 6.09 Å². The number of anilines is 1. The van der Waals surface area contributed by atoms with Crippen molar-refractivity contribution in [2.75, 3.05) is 25.5 Å².